The molecule has 1 aromatic carbocycles. The van der Waals surface area contributed by atoms with Crippen LogP contribution >= 0.6 is 11.8 Å². The Balaban J connectivity index is 2.02. The van der Waals surface area contributed by atoms with E-state index in [0.29, 0.717) is 22.2 Å². The first-order valence-corrected chi connectivity index (χ1v) is 7.72. The summed E-state index contributed by atoms with van der Waals surface area (Å²) in [5, 5.41) is 3.40. The summed E-state index contributed by atoms with van der Waals surface area (Å²) in [6.45, 7) is 1.82. The number of aromatic nitrogens is 2. The van der Waals surface area contributed by atoms with E-state index >= 15 is 0 Å². The van der Waals surface area contributed by atoms with E-state index in [2.05, 4.69) is 15.3 Å². The van der Waals surface area contributed by atoms with Crippen LogP contribution in [0.5, 0.6) is 11.5 Å². The van der Waals surface area contributed by atoms with Gasteiger partial charge in [0.1, 0.15) is 11.5 Å². The molecule has 2 N–H and O–H groups in total. The molecule has 0 saturated heterocycles. The maximum atomic E-state index is 12.1. The molecule has 1 heterocycles. The Hall–Kier alpha value is -2.48. The quantitative estimate of drug-likeness (QED) is 0.618. The first-order valence-electron chi connectivity index (χ1n) is 6.74. The highest BCUT2D eigenvalue weighted by Gasteiger charge is 2.10. The predicted octanol–water partition coefficient (Wildman–Crippen LogP) is 1.83. The predicted molar refractivity (Wildman–Crippen MR) is 88.5 cm³/mol. The average molecular weight is 335 g/mol. The van der Waals surface area contributed by atoms with Crippen molar-refractivity contribution < 1.29 is 14.3 Å². The van der Waals surface area contributed by atoms with Crippen LogP contribution in [0.3, 0.4) is 0 Å². The Kier molecular flexibility index (Phi) is 5.64. The third-order valence-electron chi connectivity index (χ3n) is 2.98. The monoisotopic (exact) mass is 335 g/mol. The molecule has 7 nitrogen and oxygen atoms in total. The number of aryl methyl sites for hydroxylation is 1. The molecule has 1 amide bonds. The lowest BCUT2D eigenvalue weighted by molar-refractivity contribution is -0.113. The molecule has 0 bridgehead atoms. The van der Waals surface area contributed by atoms with E-state index in [1.165, 1.54) is 25.1 Å². The van der Waals surface area contributed by atoms with Crippen LogP contribution in [0, 0.1) is 6.92 Å². The van der Waals surface area contributed by atoms with Crippen LogP contribution in [-0.4, -0.2) is 35.8 Å². The van der Waals surface area contributed by atoms with Gasteiger partial charge in [-0.3, -0.25) is 4.79 Å². The molecular weight excluding hydrogens is 318 g/mol. The summed E-state index contributed by atoms with van der Waals surface area (Å²) in [4.78, 5) is 29.5. The fourth-order valence-corrected chi connectivity index (χ4v) is 2.61. The number of aromatic amines is 1. The zero-order valence-corrected chi connectivity index (χ0v) is 13.8. The Morgan fingerprint density at radius 2 is 2.13 bits per heavy atom. The van der Waals surface area contributed by atoms with E-state index in [1.807, 2.05) is 6.92 Å². The minimum Gasteiger partial charge on any atom is -0.497 e. The number of carbonyl (C=O) groups excluding carboxylic acids is 1. The summed E-state index contributed by atoms with van der Waals surface area (Å²) in [7, 11) is 3.08. The SMILES string of the molecule is COc1ccc(NC(=O)CSc2[nH]c(=O)ncc2C)c(OC)c1. The standard InChI is InChI=1S/C15H17N3O4S/c1-9-7-16-15(20)18-14(9)23-8-13(19)17-11-5-4-10(21-2)6-12(11)22-3/h4-7H,8H2,1-3H3,(H,17,19)(H,16,18,20). The zero-order valence-electron chi connectivity index (χ0n) is 13.0. The van der Waals surface area contributed by atoms with Gasteiger partial charge in [-0.2, -0.15) is 0 Å². The van der Waals surface area contributed by atoms with Crippen molar-refractivity contribution in [2.75, 3.05) is 25.3 Å². The van der Waals surface area contributed by atoms with Gasteiger partial charge in [0.15, 0.2) is 0 Å². The van der Waals surface area contributed by atoms with E-state index in [4.69, 9.17) is 9.47 Å². The number of rotatable bonds is 6. The second kappa shape index (κ2) is 7.68. The van der Waals surface area contributed by atoms with Gasteiger partial charge in [0.05, 0.1) is 30.7 Å². The van der Waals surface area contributed by atoms with Gasteiger partial charge in [-0.25, -0.2) is 9.78 Å². The first kappa shape index (κ1) is 16.9. The van der Waals surface area contributed by atoms with Gasteiger partial charge in [0, 0.05) is 12.3 Å². The van der Waals surface area contributed by atoms with Gasteiger partial charge < -0.3 is 19.8 Å². The number of carbonyl (C=O) groups is 1. The van der Waals surface area contributed by atoms with Crippen molar-refractivity contribution in [3.63, 3.8) is 0 Å². The topological polar surface area (TPSA) is 93.3 Å². The number of anilines is 1. The van der Waals surface area contributed by atoms with Gasteiger partial charge in [0.25, 0.3) is 0 Å². The number of hydrogen-bond donors (Lipinski definition) is 2. The first-order chi connectivity index (χ1) is 11.0. The lowest BCUT2D eigenvalue weighted by atomic mass is 10.2. The van der Waals surface area contributed by atoms with Crippen LogP contribution in [0.25, 0.3) is 0 Å². The fraction of sp³-hybridized carbons (Fsp3) is 0.267. The van der Waals surface area contributed by atoms with E-state index in [1.54, 1.807) is 25.3 Å². The molecule has 23 heavy (non-hydrogen) atoms. The molecule has 0 aliphatic rings. The number of H-pyrrole nitrogens is 1. The molecule has 0 spiro atoms. The van der Waals surface area contributed by atoms with Crippen LogP contribution in [0.2, 0.25) is 0 Å². The normalized spacial score (nSPS) is 10.2. The van der Waals surface area contributed by atoms with Gasteiger partial charge in [0.2, 0.25) is 5.91 Å². The Labute approximate surface area is 137 Å². The van der Waals surface area contributed by atoms with Gasteiger partial charge in [-0.15, -0.1) is 0 Å². The smallest absolute Gasteiger partial charge is 0.345 e. The van der Waals surface area contributed by atoms with Crippen molar-refractivity contribution in [2.45, 2.75) is 11.9 Å². The molecule has 122 valence electrons. The summed E-state index contributed by atoms with van der Waals surface area (Å²) >= 11 is 1.24. The summed E-state index contributed by atoms with van der Waals surface area (Å²) < 4.78 is 10.3. The molecule has 2 rings (SSSR count). The van der Waals surface area contributed by atoms with Crippen LogP contribution in [-0.2, 0) is 4.79 Å². The minimum absolute atomic E-state index is 0.149. The molecule has 0 atom stereocenters. The van der Waals surface area contributed by atoms with Crippen LogP contribution < -0.4 is 20.5 Å². The van der Waals surface area contributed by atoms with E-state index in [0.717, 1.165) is 5.56 Å². The number of benzene rings is 1. The molecule has 1 aromatic heterocycles. The third-order valence-corrected chi connectivity index (χ3v) is 4.10. The maximum absolute atomic E-state index is 12.1. The third kappa shape index (κ3) is 4.49. The second-order valence-electron chi connectivity index (χ2n) is 4.60. The van der Waals surface area contributed by atoms with Crippen molar-refractivity contribution in [2.24, 2.45) is 0 Å². The highest BCUT2D eigenvalue weighted by atomic mass is 32.2. The second-order valence-corrected chi connectivity index (χ2v) is 5.59. The number of thioether (sulfide) groups is 1. The van der Waals surface area contributed by atoms with Crippen LogP contribution in [0.15, 0.2) is 34.2 Å². The number of ether oxygens (including phenoxy) is 2. The average Bonchev–Trinajstić information content (AvgIpc) is 2.56. The fourth-order valence-electron chi connectivity index (χ4n) is 1.82. The maximum Gasteiger partial charge on any atom is 0.345 e. The Morgan fingerprint density at radius 1 is 1.35 bits per heavy atom. The van der Waals surface area contributed by atoms with Crippen molar-refractivity contribution in [1.82, 2.24) is 9.97 Å². The highest BCUT2D eigenvalue weighted by Crippen LogP contribution is 2.29. The molecule has 0 fully saturated rings. The number of methoxy groups -OCH3 is 2. The Morgan fingerprint density at radius 3 is 2.83 bits per heavy atom. The van der Waals surface area contributed by atoms with Crippen molar-refractivity contribution in [3.05, 3.63) is 40.4 Å². The number of nitrogens with zero attached hydrogens (tertiary/aromatic N) is 1. The molecule has 0 aliphatic carbocycles. The van der Waals surface area contributed by atoms with Crippen molar-refractivity contribution >= 4 is 23.4 Å². The van der Waals surface area contributed by atoms with Crippen molar-refractivity contribution in [1.29, 1.82) is 0 Å². The lowest BCUT2D eigenvalue weighted by Crippen LogP contribution is -2.16. The molecule has 2 aromatic rings. The summed E-state index contributed by atoms with van der Waals surface area (Å²) in [6.07, 6.45) is 1.48. The van der Waals surface area contributed by atoms with Crippen molar-refractivity contribution in [3.8, 4) is 11.5 Å². The molecule has 0 saturated carbocycles. The van der Waals surface area contributed by atoms with E-state index < -0.39 is 5.69 Å². The van der Waals surface area contributed by atoms with E-state index in [-0.39, 0.29) is 11.7 Å². The summed E-state index contributed by atoms with van der Waals surface area (Å²) in [5.74, 6) is 1.08. The largest absolute Gasteiger partial charge is 0.497 e. The molecule has 0 aliphatic heterocycles. The highest BCUT2D eigenvalue weighted by molar-refractivity contribution is 8.00. The number of amides is 1. The summed E-state index contributed by atoms with van der Waals surface area (Å²) in [5.41, 5.74) is 0.929. The van der Waals surface area contributed by atoms with Gasteiger partial charge >= 0.3 is 5.69 Å². The molecule has 0 radical (unpaired) electrons. The minimum atomic E-state index is -0.435. The lowest BCUT2D eigenvalue weighted by Gasteiger charge is -2.11. The van der Waals surface area contributed by atoms with Gasteiger partial charge in [-0.05, 0) is 24.6 Å². The van der Waals surface area contributed by atoms with Gasteiger partial charge in [-0.1, -0.05) is 11.8 Å². The van der Waals surface area contributed by atoms with E-state index in [9.17, 15) is 9.59 Å². The zero-order chi connectivity index (χ0) is 16.8. The van der Waals surface area contributed by atoms with Crippen LogP contribution in [0.4, 0.5) is 5.69 Å². The van der Waals surface area contributed by atoms with Crippen LogP contribution in [0.1, 0.15) is 5.56 Å². The molecule has 8 heteroatoms. The summed E-state index contributed by atoms with van der Waals surface area (Å²) in [6, 6.07) is 5.13. The number of hydrogen-bond acceptors (Lipinski definition) is 6. The number of nitrogens with one attached hydrogen (secondary N) is 2. The Bertz CT molecular complexity index is 761. The molecule has 0 unspecified atom stereocenters. The molecular formula is C15H17N3O4S.